The van der Waals surface area contributed by atoms with Crippen LogP contribution in [0.5, 0.6) is 0 Å². The van der Waals surface area contributed by atoms with Gasteiger partial charge in [-0.15, -0.1) is 18.3 Å². The number of alkyl halides is 3. The number of nitrogens with one attached hydrogen (secondary N) is 2. The molecule has 2 aliphatic rings. The Morgan fingerprint density at radius 2 is 1.77 bits per heavy atom. The second-order valence-corrected chi connectivity index (χ2v) is 11.5. The number of halogens is 5. The van der Waals surface area contributed by atoms with Gasteiger partial charge in [-0.3, -0.25) is 19.1 Å². The summed E-state index contributed by atoms with van der Waals surface area (Å²) >= 11 is 6.46. The zero-order valence-corrected chi connectivity index (χ0v) is 27.4. The zero-order chi connectivity index (χ0) is 33.0. The van der Waals surface area contributed by atoms with Crippen molar-refractivity contribution in [1.29, 1.82) is 0 Å². The number of carbonyl (C=O) groups is 3. The summed E-state index contributed by atoms with van der Waals surface area (Å²) in [4.78, 5) is 46.7. The van der Waals surface area contributed by atoms with Crippen LogP contribution in [0.2, 0.25) is 5.02 Å². The lowest BCUT2D eigenvalue weighted by Crippen LogP contribution is -2.52. The average Bonchev–Trinajstić information content (AvgIpc) is 3.64. The number of carbonyl (C=O) groups excluding carboxylic acids is 3. The number of anilines is 1. The standard InChI is InChI=1S/C31H34ClF3N8O3.ClH/c1-3-4-5-12-43-19-23(26(39-43)31(33,34)35)25-18-37-27(40(25)2)28(44)38-21-6-7-22(24(32)17-21)30(46)42-15-13-41(14-16-42)29(45)20-8-10-36-11-9-20;/h6-7,17-20,36H,3,8-16H2,1-2H3,(H,38,44);1H. The second-order valence-electron chi connectivity index (χ2n) is 11.1. The average molecular weight is 696 g/mol. The number of benzene rings is 1. The molecule has 2 N–H and O–H groups in total. The third-order valence-electron chi connectivity index (χ3n) is 8.06. The van der Waals surface area contributed by atoms with Crippen molar-refractivity contribution in [3.63, 3.8) is 0 Å². The van der Waals surface area contributed by atoms with Crippen LogP contribution in [0.25, 0.3) is 11.3 Å². The van der Waals surface area contributed by atoms with Gasteiger partial charge in [0.05, 0.1) is 28.0 Å². The molecule has 0 aliphatic carbocycles. The highest BCUT2D eigenvalue weighted by molar-refractivity contribution is 6.34. The first kappa shape index (κ1) is 35.8. The molecular formula is C31H35Cl2F3N8O3. The van der Waals surface area contributed by atoms with Gasteiger partial charge in [-0.25, -0.2) is 4.98 Å². The highest BCUT2D eigenvalue weighted by Gasteiger charge is 2.38. The van der Waals surface area contributed by atoms with E-state index in [1.807, 2.05) is 11.8 Å². The van der Waals surface area contributed by atoms with E-state index in [0.717, 1.165) is 30.6 Å². The summed E-state index contributed by atoms with van der Waals surface area (Å²) in [6.07, 6.45) is -0.135. The highest BCUT2D eigenvalue weighted by Crippen LogP contribution is 2.36. The van der Waals surface area contributed by atoms with Crippen LogP contribution < -0.4 is 10.6 Å². The molecule has 2 fully saturated rings. The molecule has 47 heavy (non-hydrogen) atoms. The third-order valence-corrected chi connectivity index (χ3v) is 8.38. The first-order valence-electron chi connectivity index (χ1n) is 15.0. The Hall–Kier alpha value is -4.06. The van der Waals surface area contributed by atoms with Gasteiger partial charge in [0.15, 0.2) is 11.5 Å². The van der Waals surface area contributed by atoms with Crippen LogP contribution in [0.15, 0.2) is 30.6 Å². The summed E-state index contributed by atoms with van der Waals surface area (Å²) in [7, 11) is 1.43. The Balaban J connectivity index is 0.00000500. The van der Waals surface area contributed by atoms with Crippen LogP contribution in [-0.4, -0.2) is 86.1 Å². The highest BCUT2D eigenvalue weighted by atomic mass is 35.5. The van der Waals surface area contributed by atoms with Crippen molar-refractivity contribution >= 4 is 47.4 Å². The van der Waals surface area contributed by atoms with Gasteiger partial charge < -0.3 is 25.0 Å². The molecule has 16 heteroatoms. The predicted molar refractivity (Wildman–Crippen MR) is 172 cm³/mol. The number of amides is 3. The van der Waals surface area contributed by atoms with Gasteiger partial charge in [-0.05, 0) is 44.1 Å². The fourth-order valence-electron chi connectivity index (χ4n) is 5.61. The number of piperidine rings is 1. The van der Waals surface area contributed by atoms with E-state index in [-0.39, 0.29) is 70.0 Å². The molecule has 0 radical (unpaired) electrons. The third kappa shape index (κ3) is 8.09. The van der Waals surface area contributed by atoms with E-state index < -0.39 is 17.8 Å². The maximum atomic E-state index is 13.8. The van der Waals surface area contributed by atoms with Gasteiger partial charge >= 0.3 is 6.18 Å². The Labute approximate surface area is 281 Å². The maximum Gasteiger partial charge on any atom is 0.435 e. The van der Waals surface area contributed by atoms with Gasteiger partial charge in [0.2, 0.25) is 5.91 Å². The predicted octanol–water partition coefficient (Wildman–Crippen LogP) is 4.33. The summed E-state index contributed by atoms with van der Waals surface area (Å²) in [5.41, 5.74) is -0.780. The topological polar surface area (TPSA) is 117 Å². The van der Waals surface area contributed by atoms with Gasteiger partial charge in [0.25, 0.3) is 11.8 Å². The molecule has 252 valence electrons. The summed E-state index contributed by atoms with van der Waals surface area (Å²) in [5, 5.41) is 9.69. The molecule has 0 atom stereocenters. The molecule has 5 rings (SSSR count). The Kier molecular flexibility index (Phi) is 11.6. The van der Waals surface area contributed by atoms with Gasteiger partial charge in [-0.1, -0.05) is 24.4 Å². The lowest BCUT2D eigenvalue weighted by molar-refractivity contribution is -0.141. The summed E-state index contributed by atoms with van der Waals surface area (Å²) in [6, 6.07) is 4.44. The van der Waals surface area contributed by atoms with Crippen molar-refractivity contribution < 1.29 is 27.6 Å². The molecule has 0 spiro atoms. The number of aromatic nitrogens is 4. The number of imidazole rings is 1. The van der Waals surface area contributed by atoms with Crippen molar-refractivity contribution in [3.8, 4) is 23.1 Å². The number of hydrogen-bond donors (Lipinski definition) is 2. The van der Waals surface area contributed by atoms with Crippen molar-refractivity contribution in [3.05, 3.63) is 52.7 Å². The van der Waals surface area contributed by atoms with Crippen LogP contribution in [0.3, 0.4) is 0 Å². The molecule has 3 aromatic rings. The van der Waals surface area contributed by atoms with Crippen LogP contribution in [0.4, 0.5) is 18.9 Å². The minimum Gasteiger partial charge on any atom is -0.339 e. The van der Waals surface area contributed by atoms with Crippen molar-refractivity contribution in [1.82, 2.24) is 34.4 Å². The zero-order valence-electron chi connectivity index (χ0n) is 25.9. The first-order valence-corrected chi connectivity index (χ1v) is 15.4. The van der Waals surface area contributed by atoms with Crippen molar-refractivity contribution in [2.75, 3.05) is 44.6 Å². The van der Waals surface area contributed by atoms with Gasteiger partial charge in [-0.2, -0.15) is 18.3 Å². The molecule has 2 saturated heterocycles. The quantitative estimate of drug-likeness (QED) is 0.371. The number of piperazine rings is 1. The van der Waals surface area contributed by atoms with E-state index in [0.29, 0.717) is 32.6 Å². The van der Waals surface area contributed by atoms with Crippen LogP contribution >= 0.6 is 24.0 Å². The van der Waals surface area contributed by atoms with Crippen molar-refractivity contribution in [2.24, 2.45) is 13.0 Å². The first-order chi connectivity index (χ1) is 22.0. The van der Waals surface area contributed by atoms with Gasteiger partial charge in [0.1, 0.15) is 6.54 Å². The molecule has 11 nitrogen and oxygen atoms in total. The lowest BCUT2D eigenvalue weighted by Gasteiger charge is -2.37. The Morgan fingerprint density at radius 1 is 1.09 bits per heavy atom. The largest absolute Gasteiger partial charge is 0.435 e. The van der Waals surface area contributed by atoms with E-state index in [1.54, 1.807) is 4.90 Å². The molecule has 2 aliphatic heterocycles. The second kappa shape index (κ2) is 15.2. The molecule has 0 saturated carbocycles. The lowest BCUT2D eigenvalue weighted by atomic mass is 9.96. The molecule has 3 amide bonds. The van der Waals surface area contributed by atoms with E-state index >= 15 is 0 Å². The minimum atomic E-state index is -4.74. The molecule has 2 aromatic heterocycles. The van der Waals surface area contributed by atoms with Crippen LogP contribution in [0.1, 0.15) is 52.9 Å². The van der Waals surface area contributed by atoms with Gasteiger partial charge in [0, 0.05) is 57.4 Å². The van der Waals surface area contributed by atoms with E-state index in [2.05, 4.69) is 32.6 Å². The Bertz CT molecular complexity index is 1680. The summed E-state index contributed by atoms with van der Waals surface area (Å²) in [5.74, 6) is 4.59. The maximum absolute atomic E-state index is 13.8. The Morgan fingerprint density at radius 3 is 2.40 bits per heavy atom. The van der Waals surface area contributed by atoms with E-state index in [4.69, 9.17) is 11.6 Å². The van der Waals surface area contributed by atoms with Crippen LogP contribution in [0, 0.1) is 17.8 Å². The fraction of sp³-hybridized carbons (Fsp3) is 0.452. The molecule has 0 unspecified atom stereocenters. The molecule has 0 bridgehead atoms. The molecule has 4 heterocycles. The molecule has 1 aromatic carbocycles. The fourth-order valence-corrected chi connectivity index (χ4v) is 5.87. The normalized spacial score (nSPS) is 15.4. The summed E-state index contributed by atoms with van der Waals surface area (Å²) in [6.45, 7) is 5.13. The minimum absolute atomic E-state index is 0. The van der Waals surface area contributed by atoms with Crippen molar-refractivity contribution in [2.45, 2.75) is 38.9 Å². The number of rotatable bonds is 6. The van der Waals surface area contributed by atoms with E-state index in [9.17, 15) is 27.6 Å². The smallest absolute Gasteiger partial charge is 0.339 e. The summed E-state index contributed by atoms with van der Waals surface area (Å²) < 4.78 is 43.8. The SMILES string of the molecule is CCC#CCn1cc(-c2cnc(C(=O)Nc3ccc(C(=O)N4CCN(C(=O)C5CCNCC5)CC4)c(Cl)c3)n2C)c(C(F)(F)F)n1.Cl. The van der Waals surface area contributed by atoms with Crippen LogP contribution in [-0.2, 0) is 24.6 Å². The van der Waals surface area contributed by atoms with E-state index in [1.165, 1.54) is 42.2 Å². The molecular weight excluding hydrogens is 660 g/mol. The number of hydrogen-bond acceptors (Lipinski definition) is 6. The monoisotopic (exact) mass is 694 g/mol. The number of nitrogens with zero attached hydrogens (tertiary/aromatic N) is 6.